The highest BCUT2D eigenvalue weighted by molar-refractivity contribution is 7.09. The van der Waals surface area contributed by atoms with Gasteiger partial charge in [0, 0.05) is 12.4 Å². The summed E-state index contributed by atoms with van der Waals surface area (Å²) < 4.78 is 18.4. The molecular formula is C10H13FN2O2S. The summed E-state index contributed by atoms with van der Waals surface area (Å²) in [6.45, 7) is 2.16. The second-order valence-corrected chi connectivity index (χ2v) is 4.85. The standard InChI is InChI=1S/C10H13FN2O2S/c1-6-12-8(5-16-6)10(14)13(2)9-4-15-3-7(9)11/h5,7,9H,3-4H2,1-2H3/t7-,9-/m1/s1. The monoisotopic (exact) mass is 244 g/mol. The van der Waals surface area contributed by atoms with Crippen molar-refractivity contribution in [1.82, 2.24) is 9.88 Å². The average molecular weight is 244 g/mol. The number of aromatic nitrogens is 1. The van der Waals surface area contributed by atoms with Gasteiger partial charge in [0.2, 0.25) is 0 Å². The van der Waals surface area contributed by atoms with Crippen LogP contribution in [0.5, 0.6) is 0 Å². The van der Waals surface area contributed by atoms with Gasteiger partial charge in [0.15, 0.2) is 0 Å². The number of hydrogen-bond donors (Lipinski definition) is 0. The van der Waals surface area contributed by atoms with Gasteiger partial charge in [-0.05, 0) is 6.92 Å². The molecule has 88 valence electrons. The minimum absolute atomic E-state index is 0.0678. The fraction of sp³-hybridized carbons (Fsp3) is 0.600. The first-order valence-electron chi connectivity index (χ1n) is 5.00. The molecule has 2 rings (SSSR count). The Labute approximate surface area is 97.0 Å². The maximum atomic E-state index is 13.4. The first-order valence-corrected chi connectivity index (χ1v) is 5.88. The molecule has 0 spiro atoms. The van der Waals surface area contributed by atoms with Gasteiger partial charge in [-0.3, -0.25) is 4.79 Å². The van der Waals surface area contributed by atoms with E-state index in [1.54, 1.807) is 12.4 Å². The largest absolute Gasteiger partial charge is 0.376 e. The van der Waals surface area contributed by atoms with Crippen LogP contribution >= 0.6 is 11.3 Å². The van der Waals surface area contributed by atoms with Crippen molar-refractivity contribution in [1.29, 1.82) is 0 Å². The summed E-state index contributed by atoms with van der Waals surface area (Å²) in [7, 11) is 1.59. The molecule has 1 amide bonds. The predicted molar refractivity (Wildman–Crippen MR) is 58.4 cm³/mol. The number of aryl methyl sites for hydroxylation is 1. The Morgan fingerprint density at radius 1 is 1.69 bits per heavy atom. The molecule has 1 aromatic heterocycles. The molecule has 4 nitrogen and oxygen atoms in total. The van der Waals surface area contributed by atoms with Crippen LogP contribution in [-0.2, 0) is 4.74 Å². The number of halogens is 1. The van der Waals surface area contributed by atoms with E-state index in [9.17, 15) is 9.18 Å². The van der Waals surface area contributed by atoms with Crippen LogP contribution in [0.2, 0.25) is 0 Å². The Bertz CT molecular complexity index is 396. The van der Waals surface area contributed by atoms with E-state index in [0.29, 0.717) is 5.69 Å². The van der Waals surface area contributed by atoms with E-state index in [1.807, 2.05) is 6.92 Å². The molecular weight excluding hydrogens is 231 g/mol. The average Bonchev–Trinajstić information content (AvgIpc) is 2.85. The van der Waals surface area contributed by atoms with Crippen molar-refractivity contribution in [2.45, 2.75) is 19.1 Å². The number of carbonyl (C=O) groups is 1. The van der Waals surface area contributed by atoms with Crippen LogP contribution in [0, 0.1) is 6.92 Å². The third-order valence-electron chi connectivity index (χ3n) is 2.64. The predicted octanol–water partition coefficient (Wildman–Crippen LogP) is 1.26. The zero-order valence-corrected chi connectivity index (χ0v) is 9.96. The normalized spacial score (nSPS) is 24.7. The SMILES string of the molecule is Cc1nc(C(=O)N(C)[C@@H]2COC[C@H]2F)cs1. The highest BCUT2D eigenvalue weighted by Crippen LogP contribution is 2.18. The van der Waals surface area contributed by atoms with Crippen LogP contribution in [0.3, 0.4) is 0 Å². The van der Waals surface area contributed by atoms with Gasteiger partial charge < -0.3 is 9.64 Å². The smallest absolute Gasteiger partial charge is 0.273 e. The van der Waals surface area contributed by atoms with E-state index in [4.69, 9.17) is 4.74 Å². The van der Waals surface area contributed by atoms with Gasteiger partial charge in [0.1, 0.15) is 11.9 Å². The quantitative estimate of drug-likeness (QED) is 0.786. The van der Waals surface area contributed by atoms with E-state index in [1.165, 1.54) is 16.2 Å². The molecule has 6 heteroatoms. The Kier molecular flexibility index (Phi) is 3.20. The first-order chi connectivity index (χ1) is 7.59. The summed E-state index contributed by atoms with van der Waals surface area (Å²) in [6.07, 6.45) is -1.10. The van der Waals surface area contributed by atoms with E-state index in [2.05, 4.69) is 4.98 Å². The first kappa shape index (κ1) is 11.5. The lowest BCUT2D eigenvalue weighted by Gasteiger charge is -2.23. The van der Waals surface area contributed by atoms with Gasteiger partial charge in [-0.25, -0.2) is 9.37 Å². The van der Waals surface area contributed by atoms with Crippen molar-refractivity contribution in [2.75, 3.05) is 20.3 Å². The fourth-order valence-corrected chi connectivity index (χ4v) is 2.25. The molecule has 2 atom stereocenters. The van der Waals surface area contributed by atoms with Crippen LogP contribution < -0.4 is 0 Å². The molecule has 0 unspecified atom stereocenters. The van der Waals surface area contributed by atoms with Gasteiger partial charge >= 0.3 is 0 Å². The number of nitrogens with zero attached hydrogens (tertiary/aromatic N) is 2. The summed E-state index contributed by atoms with van der Waals surface area (Å²) in [4.78, 5) is 17.4. The molecule has 0 radical (unpaired) electrons. The van der Waals surface area contributed by atoms with Crippen LogP contribution in [0.25, 0.3) is 0 Å². The van der Waals surface area contributed by atoms with E-state index < -0.39 is 12.2 Å². The Morgan fingerprint density at radius 3 is 2.94 bits per heavy atom. The van der Waals surface area contributed by atoms with Crippen molar-refractivity contribution < 1.29 is 13.9 Å². The Hall–Kier alpha value is -1.01. The van der Waals surface area contributed by atoms with Crippen LogP contribution in [0.4, 0.5) is 4.39 Å². The molecule has 1 aromatic rings. The minimum atomic E-state index is -1.10. The summed E-state index contributed by atoms with van der Waals surface area (Å²) in [5, 5.41) is 2.52. The third-order valence-corrected chi connectivity index (χ3v) is 3.41. The summed E-state index contributed by atoms with van der Waals surface area (Å²) in [6, 6.07) is -0.491. The van der Waals surface area contributed by atoms with E-state index >= 15 is 0 Å². The molecule has 1 fully saturated rings. The topological polar surface area (TPSA) is 42.4 Å². The van der Waals surface area contributed by atoms with Crippen molar-refractivity contribution in [3.63, 3.8) is 0 Å². The number of ether oxygens (including phenoxy) is 1. The maximum absolute atomic E-state index is 13.4. The molecule has 0 aliphatic carbocycles. The zero-order valence-electron chi connectivity index (χ0n) is 9.14. The lowest BCUT2D eigenvalue weighted by Crippen LogP contribution is -2.42. The maximum Gasteiger partial charge on any atom is 0.273 e. The van der Waals surface area contributed by atoms with E-state index in [0.717, 1.165) is 5.01 Å². The highest BCUT2D eigenvalue weighted by atomic mass is 32.1. The summed E-state index contributed by atoms with van der Waals surface area (Å²) in [5.74, 6) is -0.248. The Morgan fingerprint density at radius 2 is 2.44 bits per heavy atom. The van der Waals surface area contributed by atoms with Crippen molar-refractivity contribution in [2.24, 2.45) is 0 Å². The van der Waals surface area contributed by atoms with Crippen LogP contribution in [-0.4, -0.2) is 48.3 Å². The minimum Gasteiger partial charge on any atom is -0.376 e. The fourth-order valence-electron chi connectivity index (χ4n) is 1.66. The molecule has 0 bridgehead atoms. The number of hydrogen-bond acceptors (Lipinski definition) is 4. The molecule has 1 aliphatic heterocycles. The molecule has 16 heavy (non-hydrogen) atoms. The molecule has 2 heterocycles. The van der Waals surface area contributed by atoms with Crippen LogP contribution in [0.1, 0.15) is 15.5 Å². The molecule has 1 saturated heterocycles. The van der Waals surface area contributed by atoms with Gasteiger partial charge in [0.25, 0.3) is 5.91 Å². The zero-order chi connectivity index (χ0) is 11.7. The lowest BCUT2D eigenvalue weighted by molar-refractivity contribution is 0.0667. The Balaban J connectivity index is 2.10. The van der Waals surface area contributed by atoms with Gasteiger partial charge in [0.05, 0.1) is 24.3 Å². The number of alkyl halides is 1. The number of thiazole rings is 1. The number of likely N-dealkylation sites (N-methyl/N-ethyl adjacent to an activating group) is 1. The van der Waals surface area contributed by atoms with Gasteiger partial charge in [-0.1, -0.05) is 0 Å². The lowest BCUT2D eigenvalue weighted by atomic mass is 10.2. The van der Waals surface area contributed by atoms with Crippen molar-refractivity contribution >= 4 is 17.2 Å². The van der Waals surface area contributed by atoms with Gasteiger partial charge in [-0.15, -0.1) is 11.3 Å². The third kappa shape index (κ3) is 2.08. The second-order valence-electron chi connectivity index (χ2n) is 3.79. The molecule has 1 aliphatic rings. The highest BCUT2D eigenvalue weighted by Gasteiger charge is 2.34. The van der Waals surface area contributed by atoms with E-state index in [-0.39, 0.29) is 19.1 Å². The van der Waals surface area contributed by atoms with Crippen molar-refractivity contribution in [3.05, 3.63) is 16.1 Å². The molecule has 0 N–H and O–H groups in total. The molecule has 0 saturated carbocycles. The number of amides is 1. The van der Waals surface area contributed by atoms with Gasteiger partial charge in [-0.2, -0.15) is 0 Å². The summed E-state index contributed by atoms with van der Waals surface area (Å²) >= 11 is 1.41. The number of rotatable bonds is 2. The summed E-state index contributed by atoms with van der Waals surface area (Å²) in [5.41, 5.74) is 0.379. The van der Waals surface area contributed by atoms with Crippen LogP contribution in [0.15, 0.2) is 5.38 Å². The molecule has 0 aromatic carbocycles. The van der Waals surface area contributed by atoms with Crippen molar-refractivity contribution in [3.8, 4) is 0 Å². The number of carbonyl (C=O) groups excluding carboxylic acids is 1. The second kappa shape index (κ2) is 4.47.